The summed E-state index contributed by atoms with van der Waals surface area (Å²) in [6.45, 7) is 5.71. The third-order valence-corrected chi connectivity index (χ3v) is 8.16. The van der Waals surface area contributed by atoms with E-state index in [1.165, 1.54) is 22.2 Å². The van der Waals surface area contributed by atoms with Crippen LogP contribution >= 0.6 is 0 Å². The van der Waals surface area contributed by atoms with Crippen molar-refractivity contribution in [3.05, 3.63) is 70.9 Å². The Kier molecular flexibility index (Phi) is 5.25. The second kappa shape index (κ2) is 8.34. The average Bonchev–Trinajstić information content (AvgIpc) is 3.41. The summed E-state index contributed by atoms with van der Waals surface area (Å²) < 4.78 is 0. The molecule has 0 saturated carbocycles. The molecule has 7 nitrogen and oxygen atoms in total. The first-order valence-corrected chi connectivity index (χ1v) is 12.5. The van der Waals surface area contributed by atoms with Gasteiger partial charge in [0.15, 0.2) is 0 Å². The van der Waals surface area contributed by atoms with Gasteiger partial charge in [-0.3, -0.25) is 24.6 Å². The van der Waals surface area contributed by atoms with Crippen LogP contribution < -0.4 is 5.32 Å². The quantitative estimate of drug-likeness (QED) is 0.572. The minimum absolute atomic E-state index is 0.0527. The second-order valence-electron chi connectivity index (χ2n) is 10.5. The fraction of sp³-hybridized carbons (Fsp3) is 0.393. The Bertz CT molecular complexity index is 1300. The monoisotopic (exact) mass is 470 g/mol. The van der Waals surface area contributed by atoms with Gasteiger partial charge in [0.1, 0.15) is 6.04 Å². The smallest absolute Gasteiger partial charge is 0.255 e. The van der Waals surface area contributed by atoms with Gasteiger partial charge in [0.05, 0.1) is 0 Å². The van der Waals surface area contributed by atoms with E-state index >= 15 is 0 Å². The molecule has 1 aromatic heterocycles. The number of hydrogen-bond acceptors (Lipinski definition) is 4. The fourth-order valence-corrected chi connectivity index (χ4v) is 5.90. The highest BCUT2D eigenvalue weighted by atomic mass is 16.2. The summed E-state index contributed by atoms with van der Waals surface area (Å²) in [6, 6.07) is 16.3. The van der Waals surface area contributed by atoms with Crippen molar-refractivity contribution in [2.45, 2.75) is 57.2 Å². The van der Waals surface area contributed by atoms with Crippen molar-refractivity contribution in [2.75, 3.05) is 13.1 Å². The number of carbonyl (C=O) groups excluding carboxylic acids is 3. The minimum atomic E-state index is -0.570. The third kappa shape index (κ3) is 3.93. The number of rotatable bonds is 4. The van der Waals surface area contributed by atoms with Gasteiger partial charge in [-0.1, -0.05) is 37.3 Å². The molecular weight excluding hydrogens is 440 g/mol. The number of piperidine rings is 2. The summed E-state index contributed by atoms with van der Waals surface area (Å²) in [5.74, 6) is -0.738. The molecule has 1 unspecified atom stereocenters. The summed E-state index contributed by atoms with van der Waals surface area (Å²) >= 11 is 0. The summed E-state index contributed by atoms with van der Waals surface area (Å²) in [4.78, 5) is 44.5. The number of aromatic nitrogens is 1. The second-order valence-corrected chi connectivity index (χ2v) is 10.5. The number of benzene rings is 2. The minimum Gasteiger partial charge on any atom is -0.357 e. The van der Waals surface area contributed by atoms with Crippen molar-refractivity contribution in [3.63, 3.8) is 0 Å². The Labute approximate surface area is 204 Å². The van der Waals surface area contributed by atoms with Crippen molar-refractivity contribution >= 4 is 28.6 Å². The fourth-order valence-electron chi connectivity index (χ4n) is 5.90. The maximum atomic E-state index is 13.0. The molecule has 35 heavy (non-hydrogen) atoms. The first kappa shape index (κ1) is 22.0. The van der Waals surface area contributed by atoms with Crippen LogP contribution in [0.15, 0.2) is 48.5 Å². The van der Waals surface area contributed by atoms with Crippen LogP contribution in [-0.2, 0) is 28.1 Å². The predicted molar refractivity (Wildman–Crippen MR) is 133 cm³/mol. The highest BCUT2D eigenvalue weighted by molar-refractivity contribution is 6.05. The van der Waals surface area contributed by atoms with Crippen LogP contribution in [0, 0.1) is 0 Å². The van der Waals surface area contributed by atoms with Crippen LogP contribution in [-0.4, -0.2) is 51.6 Å². The lowest BCUT2D eigenvalue weighted by atomic mass is 9.74. The molecule has 2 fully saturated rings. The summed E-state index contributed by atoms with van der Waals surface area (Å²) in [6.07, 6.45) is 2.77. The summed E-state index contributed by atoms with van der Waals surface area (Å²) in [7, 11) is 0. The molecule has 0 spiro atoms. The molecule has 3 aliphatic heterocycles. The topological polar surface area (TPSA) is 85.5 Å². The molecule has 0 radical (unpaired) electrons. The van der Waals surface area contributed by atoms with Gasteiger partial charge in [0.25, 0.3) is 5.91 Å². The lowest BCUT2D eigenvalue weighted by Gasteiger charge is -2.40. The normalized spacial score (nSPS) is 22.5. The number of amides is 3. The molecule has 2 N–H and O–H groups in total. The molecule has 0 aliphatic carbocycles. The van der Waals surface area contributed by atoms with Crippen LogP contribution in [0.3, 0.4) is 0 Å². The van der Waals surface area contributed by atoms with Crippen LogP contribution in [0.4, 0.5) is 0 Å². The Morgan fingerprint density at radius 3 is 2.60 bits per heavy atom. The molecule has 0 bridgehead atoms. The number of likely N-dealkylation sites (tertiary alicyclic amines) is 1. The summed E-state index contributed by atoms with van der Waals surface area (Å²) in [5.41, 5.74) is 5.41. The number of aromatic amines is 1. The SMILES string of the molecule is CC1(c2ccc3c(c2)CN(C2CCC(=O)NC2=O)C3=O)CCN(Cc2cc3ccccc3[nH]2)CC1. The van der Waals surface area contributed by atoms with Gasteiger partial charge in [-0.25, -0.2) is 0 Å². The zero-order valence-electron chi connectivity index (χ0n) is 20.0. The third-order valence-electron chi connectivity index (χ3n) is 8.16. The Morgan fingerprint density at radius 1 is 1.03 bits per heavy atom. The van der Waals surface area contributed by atoms with Gasteiger partial charge >= 0.3 is 0 Å². The van der Waals surface area contributed by atoms with Gasteiger partial charge in [-0.05, 0) is 72.5 Å². The van der Waals surface area contributed by atoms with Gasteiger partial charge < -0.3 is 9.88 Å². The van der Waals surface area contributed by atoms with Gasteiger partial charge in [-0.2, -0.15) is 0 Å². The van der Waals surface area contributed by atoms with E-state index in [1.807, 2.05) is 6.07 Å². The number of hydrogen-bond donors (Lipinski definition) is 2. The molecule has 2 saturated heterocycles. The molecule has 4 heterocycles. The first-order valence-electron chi connectivity index (χ1n) is 12.5. The van der Waals surface area contributed by atoms with E-state index in [1.54, 1.807) is 4.90 Å². The van der Waals surface area contributed by atoms with E-state index in [9.17, 15) is 14.4 Å². The van der Waals surface area contributed by atoms with Gasteiger partial charge in [0.2, 0.25) is 11.8 Å². The van der Waals surface area contributed by atoms with E-state index in [0.29, 0.717) is 18.5 Å². The molecule has 6 rings (SSSR count). The highest BCUT2D eigenvalue weighted by Crippen LogP contribution is 2.38. The Balaban J connectivity index is 1.13. The molecule has 3 aliphatic rings. The molecule has 2 aromatic carbocycles. The largest absolute Gasteiger partial charge is 0.357 e. The van der Waals surface area contributed by atoms with Crippen molar-refractivity contribution in [2.24, 2.45) is 0 Å². The zero-order chi connectivity index (χ0) is 24.2. The predicted octanol–water partition coefficient (Wildman–Crippen LogP) is 3.48. The summed E-state index contributed by atoms with van der Waals surface area (Å²) in [5, 5.41) is 3.63. The van der Waals surface area contributed by atoms with Crippen molar-refractivity contribution in [1.29, 1.82) is 0 Å². The Hall–Kier alpha value is -3.45. The number of fused-ring (bicyclic) bond motifs is 2. The van der Waals surface area contributed by atoms with Crippen LogP contribution in [0.25, 0.3) is 10.9 Å². The lowest BCUT2D eigenvalue weighted by Crippen LogP contribution is -2.52. The molecule has 3 aromatic rings. The molecule has 180 valence electrons. The molecule has 3 amide bonds. The average molecular weight is 471 g/mol. The highest BCUT2D eigenvalue weighted by Gasteiger charge is 2.40. The van der Waals surface area contributed by atoms with E-state index in [0.717, 1.165) is 38.0 Å². The Morgan fingerprint density at radius 2 is 1.83 bits per heavy atom. The van der Waals surface area contributed by atoms with Crippen molar-refractivity contribution in [1.82, 2.24) is 20.1 Å². The van der Waals surface area contributed by atoms with E-state index in [4.69, 9.17) is 0 Å². The van der Waals surface area contributed by atoms with Crippen LogP contribution in [0.2, 0.25) is 0 Å². The lowest BCUT2D eigenvalue weighted by molar-refractivity contribution is -0.136. The number of nitrogens with zero attached hydrogens (tertiary/aromatic N) is 2. The molecule has 7 heteroatoms. The number of carbonyl (C=O) groups is 3. The van der Waals surface area contributed by atoms with E-state index in [-0.39, 0.29) is 29.6 Å². The molecular formula is C28H30N4O3. The van der Waals surface area contributed by atoms with Crippen LogP contribution in [0.1, 0.15) is 59.8 Å². The maximum absolute atomic E-state index is 13.0. The standard InChI is InChI=1S/C28H30N4O3/c1-28(10-12-31(13-11-28)17-21-15-18-4-2-3-5-23(18)29-21)20-6-7-22-19(14-20)16-32(27(22)35)24-8-9-25(33)30-26(24)34/h2-7,14-15,24,29H,8-13,16-17H2,1H3,(H,30,33,34). The van der Waals surface area contributed by atoms with Crippen molar-refractivity contribution < 1.29 is 14.4 Å². The first-order chi connectivity index (χ1) is 16.9. The number of imide groups is 1. The zero-order valence-corrected chi connectivity index (χ0v) is 20.0. The van der Waals surface area contributed by atoms with Crippen LogP contribution in [0.5, 0.6) is 0 Å². The number of H-pyrrole nitrogens is 1. The van der Waals surface area contributed by atoms with Gasteiger partial charge in [-0.15, -0.1) is 0 Å². The molecule has 1 atom stereocenters. The van der Waals surface area contributed by atoms with Gasteiger partial charge in [0, 0.05) is 36.3 Å². The maximum Gasteiger partial charge on any atom is 0.255 e. The van der Waals surface area contributed by atoms with Crippen molar-refractivity contribution in [3.8, 4) is 0 Å². The number of nitrogens with one attached hydrogen (secondary N) is 2. The van der Waals surface area contributed by atoms with E-state index < -0.39 is 6.04 Å². The van der Waals surface area contributed by atoms with E-state index in [2.05, 4.69) is 64.6 Å². The number of para-hydroxylation sites is 1.